The van der Waals surface area contributed by atoms with Crippen LogP contribution < -0.4 is 4.72 Å². The lowest BCUT2D eigenvalue weighted by atomic mass is 9.72. The molecular formula is C34H38N2O2S. The number of nitrogens with zero attached hydrogens (tertiary/aromatic N) is 1. The zero-order chi connectivity index (χ0) is 27.1. The molecule has 4 aromatic carbocycles. The maximum atomic E-state index is 13.5. The van der Waals surface area contributed by atoms with E-state index in [2.05, 4.69) is 95.4 Å². The summed E-state index contributed by atoms with van der Waals surface area (Å²) in [5, 5.41) is 0. The van der Waals surface area contributed by atoms with Crippen molar-refractivity contribution in [2.75, 3.05) is 13.1 Å². The SMILES string of the molecule is CC(CCC(NS(=O)(=O)c1ccccc1)N1CCC(c2ccccc2)CC1)(c1ccccc1)c1ccccc1. The van der Waals surface area contributed by atoms with Crippen molar-refractivity contribution in [2.45, 2.75) is 55.0 Å². The lowest BCUT2D eigenvalue weighted by Gasteiger charge is -2.40. The van der Waals surface area contributed by atoms with Gasteiger partial charge < -0.3 is 0 Å². The first-order valence-corrected chi connectivity index (χ1v) is 15.4. The van der Waals surface area contributed by atoms with E-state index in [4.69, 9.17) is 0 Å². The average molecular weight is 539 g/mol. The van der Waals surface area contributed by atoms with Crippen LogP contribution in [0.15, 0.2) is 126 Å². The zero-order valence-corrected chi connectivity index (χ0v) is 23.4. The number of hydrogen-bond acceptors (Lipinski definition) is 3. The highest BCUT2D eigenvalue weighted by Gasteiger charge is 2.34. The summed E-state index contributed by atoms with van der Waals surface area (Å²) < 4.78 is 30.1. The van der Waals surface area contributed by atoms with Gasteiger partial charge in [0.25, 0.3) is 0 Å². The van der Waals surface area contributed by atoms with E-state index in [1.54, 1.807) is 24.3 Å². The third-order valence-corrected chi connectivity index (χ3v) is 9.80. The van der Waals surface area contributed by atoms with Crippen LogP contribution in [0.3, 0.4) is 0 Å². The number of sulfonamides is 1. The van der Waals surface area contributed by atoms with E-state index in [0.29, 0.717) is 17.2 Å². The molecule has 1 unspecified atom stereocenters. The minimum atomic E-state index is -3.66. The maximum Gasteiger partial charge on any atom is 0.241 e. The molecule has 4 aromatic rings. The summed E-state index contributed by atoms with van der Waals surface area (Å²) in [5.74, 6) is 0.507. The average Bonchev–Trinajstić information content (AvgIpc) is 3.01. The van der Waals surface area contributed by atoms with Crippen molar-refractivity contribution in [1.29, 1.82) is 0 Å². The third-order valence-electron chi connectivity index (χ3n) is 8.33. The predicted octanol–water partition coefficient (Wildman–Crippen LogP) is 6.96. The lowest BCUT2D eigenvalue weighted by molar-refractivity contribution is 0.131. The quantitative estimate of drug-likeness (QED) is 0.238. The molecule has 39 heavy (non-hydrogen) atoms. The van der Waals surface area contributed by atoms with Gasteiger partial charge in [-0.25, -0.2) is 8.42 Å². The Hall–Kier alpha value is -3.25. The molecular weight excluding hydrogens is 500 g/mol. The van der Waals surface area contributed by atoms with Gasteiger partial charge in [0.2, 0.25) is 10.0 Å². The zero-order valence-electron chi connectivity index (χ0n) is 22.6. The molecule has 202 valence electrons. The van der Waals surface area contributed by atoms with Gasteiger partial charge in [-0.15, -0.1) is 0 Å². The van der Waals surface area contributed by atoms with E-state index in [9.17, 15) is 8.42 Å². The Morgan fingerprint density at radius 3 is 1.72 bits per heavy atom. The Labute approximate surface area is 233 Å². The summed E-state index contributed by atoms with van der Waals surface area (Å²) in [6, 6.07) is 40.6. The Balaban J connectivity index is 1.40. The van der Waals surface area contributed by atoms with Crippen molar-refractivity contribution in [1.82, 2.24) is 9.62 Å². The van der Waals surface area contributed by atoms with E-state index in [0.717, 1.165) is 32.4 Å². The smallest absolute Gasteiger partial charge is 0.241 e. The van der Waals surface area contributed by atoms with Crippen molar-refractivity contribution in [3.8, 4) is 0 Å². The Bertz CT molecular complexity index is 1360. The summed E-state index contributed by atoms with van der Waals surface area (Å²) in [4.78, 5) is 2.65. The third kappa shape index (κ3) is 6.50. The van der Waals surface area contributed by atoms with Crippen LogP contribution in [-0.2, 0) is 15.4 Å². The van der Waals surface area contributed by atoms with Crippen LogP contribution in [0, 0.1) is 0 Å². The molecule has 5 heteroatoms. The lowest BCUT2D eigenvalue weighted by Crippen LogP contribution is -2.51. The predicted molar refractivity (Wildman–Crippen MR) is 159 cm³/mol. The molecule has 0 saturated carbocycles. The van der Waals surface area contributed by atoms with Gasteiger partial charge in [-0.1, -0.05) is 116 Å². The monoisotopic (exact) mass is 538 g/mol. The van der Waals surface area contributed by atoms with Gasteiger partial charge in [0.1, 0.15) is 0 Å². The van der Waals surface area contributed by atoms with Crippen LogP contribution >= 0.6 is 0 Å². The molecule has 0 aliphatic carbocycles. The highest BCUT2D eigenvalue weighted by molar-refractivity contribution is 7.89. The molecule has 5 rings (SSSR count). The fraction of sp³-hybridized carbons (Fsp3) is 0.294. The van der Waals surface area contributed by atoms with Crippen molar-refractivity contribution in [2.24, 2.45) is 0 Å². The molecule has 0 spiro atoms. The molecule has 1 heterocycles. The molecule has 0 bridgehead atoms. The molecule has 1 fully saturated rings. The first-order chi connectivity index (χ1) is 19.0. The summed E-state index contributed by atoms with van der Waals surface area (Å²) in [5.41, 5.74) is 3.60. The Morgan fingerprint density at radius 1 is 0.744 bits per heavy atom. The summed E-state index contributed by atoms with van der Waals surface area (Å²) >= 11 is 0. The van der Waals surface area contributed by atoms with Crippen molar-refractivity contribution < 1.29 is 8.42 Å². The number of piperidine rings is 1. The van der Waals surface area contributed by atoms with Crippen molar-refractivity contribution in [3.63, 3.8) is 0 Å². The summed E-state index contributed by atoms with van der Waals surface area (Å²) in [6.07, 6.45) is 3.24. The van der Waals surface area contributed by atoms with Gasteiger partial charge in [-0.2, -0.15) is 4.72 Å². The number of rotatable bonds is 10. The standard InChI is InChI=1S/C34H38N2O2S/c1-34(30-16-8-3-9-17-30,31-18-10-4-11-19-31)25-22-33(35-39(37,38)32-20-12-5-13-21-32)36-26-23-29(24-27-36)28-14-6-2-7-15-28/h2-21,29,33,35H,22-27H2,1H3. The van der Waals surface area contributed by atoms with Crippen LogP contribution in [0.5, 0.6) is 0 Å². The number of nitrogens with one attached hydrogen (secondary N) is 1. The minimum Gasteiger partial charge on any atom is -0.287 e. The molecule has 1 saturated heterocycles. The summed E-state index contributed by atoms with van der Waals surface area (Å²) in [6.45, 7) is 3.99. The van der Waals surface area contributed by atoms with Crippen LogP contribution in [-0.4, -0.2) is 32.6 Å². The highest BCUT2D eigenvalue weighted by atomic mass is 32.2. The highest BCUT2D eigenvalue weighted by Crippen LogP contribution is 2.38. The van der Waals surface area contributed by atoms with Crippen LogP contribution in [0.2, 0.25) is 0 Å². The van der Waals surface area contributed by atoms with Gasteiger partial charge in [-0.05, 0) is 60.4 Å². The molecule has 0 radical (unpaired) electrons. The van der Waals surface area contributed by atoms with Gasteiger partial charge in [0.05, 0.1) is 11.1 Å². The van der Waals surface area contributed by atoms with Gasteiger partial charge >= 0.3 is 0 Å². The Morgan fingerprint density at radius 2 is 1.21 bits per heavy atom. The number of benzene rings is 4. The second-order valence-corrected chi connectivity index (χ2v) is 12.5. The number of hydrogen-bond donors (Lipinski definition) is 1. The Kier molecular flexibility index (Phi) is 8.61. The molecule has 1 aliphatic rings. The molecule has 1 aliphatic heterocycles. The first-order valence-electron chi connectivity index (χ1n) is 13.9. The largest absolute Gasteiger partial charge is 0.287 e. The minimum absolute atomic E-state index is 0.249. The van der Waals surface area contributed by atoms with E-state index in [1.807, 2.05) is 18.2 Å². The topological polar surface area (TPSA) is 49.4 Å². The van der Waals surface area contributed by atoms with E-state index in [-0.39, 0.29) is 11.6 Å². The molecule has 0 aromatic heterocycles. The van der Waals surface area contributed by atoms with Gasteiger partial charge in [0, 0.05) is 18.5 Å². The van der Waals surface area contributed by atoms with E-state index < -0.39 is 10.0 Å². The second-order valence-electron chi connectivity index (χ2n) is 10.8. The number of likely N-dealkylation sites (tertiary alicyclic amines) is 1. The normalized spacial score (nSPS) is 16.1. The van der Waals surface area contributed by atoms with Crippen LogP contribution in [0.25, 0.3) is 0 Å². The van der Waals surface area contributed by atoms with Crippen molar-refractivity contribution >= 4 is 10.0 Å². The molecule has 0 amide bonds. The van der Waals surface area contributed by atoms with E-state index in [1.165, 1.54) is 16.7 Å². The maximum absolute atomic E-state index is 13.5. The van der Waals surface area contributed by atoms with Crippen LogP contribution in [0.1, 0.15) is 55.2 Å². The summed E-state index contributed by atoms with van der Waals surface area (Å²) in [7, 11) is -3.66. The molecule has 1 atom stereocenters. The van der Waals surface area contributed by atoms with E-state index >= 15 is 0 Å². The molecule has 1 N–H and O–H groups in total. The first kappa shape index (κ1) is 27.3. The van der Waals surface area contributed by atoms with Crippen LogP contribution in [0.4, 0.5) is 0 Å². The fourth-order valence-corrected chi connectivity index (χ4v) is 7.20. The fourth-order valence-electron chi connectivity index (χ4n) is 5.93. The second kappa shape index (κ2) is 12.3. The molecule has 4 nitrogen and oxygen atoms in total. The van der Waals surface area contributed by atoms with Crippen molar-refractivity contribution in [3.05, 3.63) is 138 Å². The van der Waals surface area contributed by atoms with Gasteiger partial charge in [-0.3, -0.25) is 4.90 Å². The van der Waals surface area contributed by atoms with Gasteiger partial charge in [0.15, 0.2) is 0 Å².